The van der Waals surface area contributed by atoms with Gasteiger partial charge < -0.3 is 10.2 Å². The first kappa shape index (κ1) is 24.1. The molecule has 0 atom stereocenters. The minimum atomic E-state index is -0.0832. The molecule has 2 amide bonds. The van der Waals surface area contributed by atoms with Gasteiger partial charge >= 0.3 is 0 Å². The number of carbonyl (C=O) groups is 2. The van der Waals surface area contributed by atoms with Crippen LogP contribution in [0.4, 0.5) is 5.69 Å². The van der Waals surface area contributed by atoms with E-state index in [0.717, 1.165) is 32.9 Å². The van der Waals surface area contributed by atoms with Crippen LogP contribution in [0, 0.1) is 13.8 Å². The van der Waals surface area contributed by atoms with Gasteiger partial charge in [0.25, 0.3) is 5.56 Å². The summed E-state index contributed by atoms with van der Waals surface area (Å²) in [4.78, 5) is 48.2. The average Bonchev–Trinajstić information content (AvgIpc) is 3.13. The summed E-state index contributed by atoms with van der Waals surface area (Å²) in [5, 5.41) is 3.66. The number of rotatable bonds is 7. The largest absolute Gasteiger partial charge is 0.340 e. The molecular weight excluding hydrogens is 450 g/mol. The Balaban J connectivity index is 1.26. The molecule has 1 fully saturated rings. The van der Waals surface area contributed by atoms with Gasteiger partial charge in [-0.3, -0.25) is 23.9 Å². The number of fused-ring (bicyclic) bond motifs is 1. The number of hydrogen-bond acceptors (Lipinski definition) is 6. The molecule has 1 N–H and O–H groups in total. The van der Waals surface area contributed by atoms with Crippen LogP contribution in [0.25, 0.3) is 10.2 Å². The second-order valence-electron chi connectivity index (χ2n) is 8.67. The third kappa shape index (κ3) is 5.20. The van der Waals surface area contributed by atoms with E-state index >= 15 is 0 Å². The van der Waals surface area contributed by atoms with Gasteiger partial charge in [0.05, 0.1) is 18.3 Å². The summed E-state index contributed by atoms with van der Waals surface area (Å²) in [5.74, 6) is -0.0203. The molecule has 3 heterocycles. The first-order valence-corrected chi connectivity index (χ1v) is 12.5. The van der Waals surface area contributed by atoms with Gasteiger partial charge in [-0.05, 0) is 37.5 Å². The number of para-hydroxylation sites is 1. The fourth-order valence-corrected chi connectivity index (χ4v) is 5.29. The molecule has 8 nitrogen and oxygen atoms in total. The zero-order chi connectivity index (χ0) is 24.2. The number of nitrogens with zero attached hydrogens (tertiary/aromatic N) is 4. The van der Waals surface area contributed by atoms with Crippen LogP contribution in [0.1, 0.15) is 29.3 Å². The van der Waals surface area contributed by atoms with Gasteiger partial charge in [-0.1, -0.05) is 25.1 Å². The highest BCUT2D eigenvalue weighted by Gasteiger charge is 2.23. The number of aryl methyl sites for hydroxylation is 4. The normalized spacial score (nSPS) is 14.5. The Morgan fingerprint density at radius 1 is 1.12 bits per heavy atom. The maximum atomic E-state index is 12.8. The molecular formula is C25H31N5O3S. The number of carbonyl (C=O) groups excluding carboxylic acids is 2. The minimum Gasteiger partial charge on any atom is -0.340 e. The van der Waals surface area contributed by atoms with E-state index < -0.39 is 0 Å². The monoisotopic (exact) mass is 481 g/mol. The summed E-state index contributed by atoms with van der Waals surface area (Å²) in [6.45, 7) is 9.06. The summed E-state index contributed by atoms with van der Waals surface area (Å²) in [5.41, 5.74) is 2.86. The van der Waals surface area contributed by atoms with E-state index in [9.17, 15) is 14.4 Å². The van der Waals surface area contributed by atoms with Gasteiger partial charge in [0, 0.05) is 49.7 Å². The lowest BCUT2D eigenvalue weighted by molar-refractivity contribution is -0.133. The summed E-state index contributed by atoms with van der Waals surface area (Å²) in [7, 11) is 0. The van der Waals surface area contributed by atoms with Crippen molar-refractivity contribution >= 4 is 39.1 Å². The van der Waals surface area contributed by atoms with E-state index in [1.165, 1.54) is 15.9 Å². The lowest BCUT2D eigenvalue weighted by Gasteiger charge is -2.34. The molecule has 1 aliphatic heterocycles. The highest BCUT2D eigenvalue weighted by Crippen LogP contribution is 2.25. The Kier molecular flexibility index (Phi) is 7.43. The molecule has 180 valence electrons. The molecule has 1 aromatic carbocycles. The summed E-state index contributed by atoms with van der Waals surface area (Å²) in [6, 6.07) is 7.83. The maximum absolute atomic E-state index is 12.8. The SMILES string of the molecule is CCc1ccccc1NC(=O)CN1CCN(C(=O)CCn2cnc3sc(C)c(C)c3c2=O)CC1. The summed E-state index contributed by atoms with van der Waals surface area (Å²) < 4.78 is 1.54. The zero-order valence-corrected chi connectivity index (χ0v) is 20.8. The fraction of sp³-hybridized carbons (Fsp3) is 0.440. The second-order valence-corrected chi connectivity index (χ2v) is 9.88. The van der Waals surface area contributed by atoms with Crippen molar-refractivity contribution in [1.29, 1.82) is 0 Å². The van der Waals surface area contributed by atoms with Crippen LogP contribution >= 0.6 is 11.3 Å². The molecule has 4 rings (SSSR count). The van der Waals surface area contributed by atoms with Gasteiger partial charge in [-0.2, -0.15) is 0 Å². The van der Waals surface area contributed by atoms with Gasteiger partial charge in [0.1, 0.15) is 4.83 Å². The first-order valence-electron chi connectivity index (χ1n) is 11.7. The fourth-order valence-electron chi connectivity index (χ4n) is 4.30. The molecule has 0 spiro atoms. The van der Waals surface area contributed by atoms with Crippen LogP contribution in [-0.4, -0.2) is 63.9 Å². The van der Waals surface area contributed by atoms with Crippen molar-refractivity contribution in [3.63, 3.8) is 0 Å². The Hall–Kier alpha value is -3.04. The predicted octanol–water partition coefficient (Wildman–Crippen LogP) is 2.81. The van der Waals surface area contributed by atoms with Crippen molar-refractivity contribution < 1.29 is 9.59 Å². The number of thiophene rings is 1. The predicted molar refractivity (Wildman–Crippen MR) is 135 cm³/mol. The molecule has 2 aromatic heterocycles. The highest BCUT2D eigenvalue weighted by molar-refractivity contribution is 7.18. The smallest absolute Gasteiger partial charge is 0.262 e. The number of nitrogens with one attached hydrogen (secondary N) is 1. The molecule has 0 saturated carbocycles. The quantitative estimate of drug-likeness (QED) is 0.561. The van der Waals surface area contributed by atoms with Crippen LogP contribution in [-0.2, 0) is 22.6 Å². The highest BCUT2D eigenvalue weighted by atomic mass is 32.1. The maximum Gasteiger partial charge on any atom is 0.262 e. The molecule has 1 aliphatic rings. The van der Waals surface area contributed by atoms with Crippen LogP contribution in [0.2, 0.25) is 0 Å². The number of amides is 2. The third-order valence-corrected chi connectivity index (χ3v) is 7.60. The number of piperazine rings is 1. The molecule has 0 unspecified atom stereocenters. The molecule has 3 aromatic rings. The third-order valence-electron chi connectivity index (χ3n) is 6.49. The van der Waals surface area contributed by atoms with Gasteiger partial charge in [-0.25, -0.2) is 4.98 Å². The van der Waals surface area contributed by atoms with E-state index in [-0.39, 0.29) is 23.8 Å². The minimum absolute atomic E-state index is 0.0196. The number of benzene rings is 1. The molecule has 0 bridgehead atoms. The number of aromatic nitrogens is 2. The first-order chi connectivity index (χ1) is 16.4. The van der Waals surface area contributed by atoms with Crippen LogP contribution in [0.15, 0.2) is 35.4 Å². The molecule has 0 radical (unpaired) electrons. The van der Waals surface area contributed by atoms with Crippen LogP contribution < -0.4 is 10.9 Å². The standard InChI is InChI=1S/C25H31N5O3S/c1-4-19-7-5-6-8-20(19)27-21(31)15-28-11-13-29(14-12-28)22(32)9-10-30-16-26-24-23(25(30)33)17(2)18(3)34-24/h5-8,16H,4,9-15H2,1-3H3,(H,27,31). The van der Waals surface area contributed by atoms with Crippen molar-refractivity contribution in [2.24, 2.45) is 0 Å². The lowest BCUT2D eigenvalue weighted by atomic mass is 10.1. The summed E-state index contributed by atoms with van der Waals surface area (Å²) in [6.07, 6.45) is 2.66. The van der Waals surface area contributed by atoms with Crippen molar-refractivity contribution in [3.05, 3.63) is 57.0 Å². The van der Waals surface area contributed by atoms with E-state index in [1.807, 2.05) is 43.0 Å². The van der Waals surface area contributed by atoms with Crippen LogP contribution in [0.5, 0.6) is 0 Å². The van der Waals surface area contributed by atoms with Gasteiger partial charge in [-0.15, -0.1) is 11.3 Å². The van der Waals surface area contributed by atoms with Gasteiger partial charge in [0.2, 0.25) is 11.8 Å². The molecule has 1 saturated heterocycles. The molecule has 9 heteroatoms. The van der Waals surface area contributed by atoms with Crippen molar-refractivity contribution in [2.45, 2.75) is 40.2 Å². The van der Waals surface area contributed by atoms with E-state index in [4.69, 9.17) is 0 Å². The Morgan fingerprint density at radius 2 is 1.85 bits per heavy atom. The Labute approximate surface area is 203 Å². The summed E-state index contributed by atoms with van der Waals surface area (Å²) >= 11 is 1.52. The van der Waals surface area contributed by atoms with Crippen molar-refractivity contribution in [3.8, 4) is 0 Å². The lowest BCUT2D eigenvalue weighted by Crippen LogP contribution is -2.50. The van der Waals surface area contributed by atoms with Crippen LogP contribution in [0.3, 0.4) is 0 Å². The Bertz CT molecular complexity index is 1260. The average molecular weight is 482 g/mol. The Morgan fingerprint density at radius 3 is 2.59 bits per heavy atom. The molecule has 0 aliphatic carbocycles. The molecule has 34 heavy (non-hydrogen) atoms. The van der Waals surface area contributed by atoms with Crippen molar-refractivity contribution in [1.82, 2.24) is 19.4 Å². The number of anilines is 1. The van der Waals surface area contributed by atoms with E-state index in [0.29, 0.717) is 44.7 Å². The van der Waals surface area contributed by atoms with E-state index in [1.54, 1.807) is 6.33 Å². The topological polar surface area (TPSA) is 87.5 Å². The van der Waals surface area contributed by atoms with E-state index in [2.05, 4.69) is 22.1 Å². The number of hydrogen-bond donors (Lipinski definition) is 1. The van der Waals surface area contributed by atoms with Gasteiger partial charge in [0.15, 0.2) is 0 Å². The van der Waals surface area contributed by atoms with Crippen molar-refractivity contribution in [2.75, 3.05) is 38.0 Å². The zero-order valence-electron chi connectivity index (χ0n) is 20.0. The second kappa shape index (κ2) is 10.5.